The van der Waals surface area contributed by atoms with E-state index >= 15 is 0 Å². The number of rotatable bonds is 8. The van der Waals surface area contributed by atoms with E-state index in [1.165, 1.54) is 0 Å². The van der Waals surface area contributed by atoms with Gasteiger partial charge in [-0.1, -0.05) is 18.2 Å². The molecule has 0 aliphatic rings. The van der Waals surface area contributed by atoms with Crippen molar-refractivity contribution >= 4 is 12.2 Å². The fourth-order valence-electron chi connectivity index (χ4n) is 1.56. The quantitative estimate of drug-likeness (QED) is 0.360. The maximum Gasteiger partial charge on any atom is 0.234 e. The van der Waals surface area contributed by atoms with Crippen molar-refractivity contribution in [2.75, 3.05) is 13.1 Å². The molecule has 1 amide bonds. The Balaban J connectivity index is 2.44. The van der Waals surface area contributed by atoms with E-state index in [0.717, 1.165) is 5.56 Å². The number of benzene rings is 1. The molecule has 0 aromatic heterocycles. The molecule has 1 rings (SSSR count). The lowest BCUT2D eigenvalue weighted by Gasteiger charge is -2.13. The van der Waals surface area contributed by atoms with Crippen LogP contribution in [-0.2, 0) is 16.0 Å². The minimum absolute atomic E-state index is 0.145. The third-order valence-electron chi connectivity index (χ3n) is 2.48. The highest BCUT2D eigenvalue weighted by molar-refractivity contribution is 5.81. The highest BCUT2D eigenvalue weighted by Crippen LogP contribution is 2.10. The van der Waals surface area contributed by atoms with E-state index in [0.29, 0.717) is 19.3 Å². The van der Waals surface area contributed by atoms with E-state index in [2.05, 4.69) is 17.2 Å². The predicted octanol–water partition coefficient (Wildman–Crippen LogP) is 0.394. The summed E-state index contributed by atoms with van der Waals surface area (Å²) in [5.41, 5.74) is 0.870. The summed E-state index contributed by atoms with van der Waals surface area (Å²) in [5.74, 6) is -0.0678. The van der Waals surface area contributed by atoms with Crippen LogP contribution in [0.15, 0.2) is 36.9 Å². The lowest BCUT2D eigenvalue weighted by atomic mass is 10.1. The van der Waals surface area contributed by atoms with Crippen molar-refractivity contribution < 1.29 is 14.7 Å². The summed E-state index contributed by atoms with van der Waals surface area (Å²) in [6.07, 6.45) is 2.76. The third-order valence-corrected chi connectivity index (χ3v) is 2.48. The lowest BCUT2D eigenvalue weighted by molar-refractivity contribution is -0.123. The molecule has 1 aromatic rings. The number of carbonyl (C=O) groups excluding carboxylic acids is 2. The predicted molar refractivity (Wildman–Crippen MR) is 72.9 cm³/mol. The van der Waals surface area contributed by atoms with E-state index in [1.807, 2.05) is 0 Å². The molecule has 0 spiro atoms. The van der Waals surface area contributed by atoms with Crippen LogP contribution in [0, 0.1) is 0 Å². The van der Waals surface area contributed by atoms with Crippen molar-refractivity contribution in [3.05, 3.63) is 42.5 Å². The molecule has 0 aliphatic carbocycles. The first-order valence-corrected chi connectivity index (χ1v) is 6.00. The van der Waals surface area contributed by atoms with Gasteiger partial charge in [0.1, 0.15) is 12.0 Å². The topological polar surface area (TPSA) is 78.4 Å². The second kappa shape index (κ2) is 8.05. The molecule has 0 bridgehead atoms. The monoisotopic (exact) mass is 262 g/mol. The Morgan fingerprint density at radius 1 is 1.37 bits per heavy atom. The minimum Gasteiger partial charge on any atom is -0.508 e. The Kier molecular flexibility index (Phi) is 6.32. The molecule has 0 heterocycles. The zero-order valence-electron chi connectivity index (χ0n) is 10.6. The number of aldehydes is 1. The molecule has 0 saturated carbocycles. The molecule has 0 radical (unpaired) electrons. The van der Waals surface area contributed by atoms with E-state index < -0.39 is 6.04 Å². The Bertz CT molecular complexity index is 429. The zero-order chi connectivity index (χ0) is 14.1. The van der Waals surface area contributed by atoms with Gasteiger partial charge >= 0.3 is 0 Å². The van der Waals surface area contributed by atoms with Crippen molar-refractivity contribution in [1.29, 1.82) is 0 Å². The first-order valence-electron chi connectivity index (χ1n) is 6.00. The van der Waals surface area contributed by atoms with Gasteiger partial charge in [-0.3, -0.25) is 4.79 Å². The van der Waals surface area contributed by atoms with E-state index in [-0.39, 0.29) is 18.2 Å². The van der Waals surface area contributed by atoms with Gasteiger partial charge in [0, 0.05) is 6.54 Å². The molecular weight excluding hydrogens is 244 g/mol. The van der Waals surface area contributed by atoms with Crippen molar-refractivity contribution in [1.82, 2.24) is 10.6 Å². The van der Waals surface area contributed by atoms with Crippen molar-refractivity contribution in [3.8, 4) is 5.75 Å². The maximum absolute atomic E-state index is 11.5. The molecule has 0 unspecified atom stereocenters. The molecule has 3 N–H and O–H groups in total. The molecule has 0 saturated heterocycles. The highest BCUT2D eigenvalue weighted by Gasteiger charge is 2.11. The number of nitrogens with one attached hydrogen (secondary N) is 2. The van der Waals surface area contributed by atoms with Crippen LogP contribution in [0.4, 0.5) is 0 Å². The number of phenols is 1. The number of carbonyl (C=O) groups is 2. The summed E-state index contributed by atoms with van der Waals surface area (Å²) in [6, 6.07) is 5.96. The van der Waals surface area contributed by atoms with Crippen LogP contribution >= 0.6 is 0 Å². The Morgan fingerprint density at radius 3 is 2.63 bits per heavy atom. The van der Waals surface area contributed by atoms with Crippen LogP contribution in [0.2, 0.25) is 0 Å². The maximum atomic E-state index is 11.5. The van der Waals surface area contributed by atoms with Crippen LogP contribution in [0.1, 0.15) is 5.56 Å². The number of hydrogen-bond acceptors (Lipinski definition) is 4. The normalized spacial score (nSPS) is 11.6. The van der Waals surface area contributed by atoms with Gasteiger partial charge in [0.2, 0.25) is 5.91 Å². The summed E-state index contributed by atoms with van der Waals surface area (Å²) in [4.78, 5) is 22.5. The third kappa shape index (κ3) is 5.83. The smallest absolute Gasteiger partial charge is 0.234 e. The Labute approximate surface area is 112 Å². The second-order valence-electron chi connectivity index (χ2n) is 4.10. The molecular formula is C14H18N2O3. The van der Waals surface area contributed by atoms with E-state index in [4.69, 9.17) is 5.11 Å². The number of aromatic hydroxyl groups is 1. The van der Waals surface area contributed by atoms with Crippen molar-refractivity contribution in [2.45, 2.75) is 12.5 Å². The molecule has 1 atom stereocenters. The molecule has 0 aliphatic heterocycles. The lowest BCUT2D eigenvalue weighted by Crippen LogP contribution is -2.42. The Hall–Kier alpha value is -2.14. The summed E-state index contributed by atoms with van der Waals surface area (Å²) >= 11 is 0. The summed E-state index contributed by atoms with van der Waals surface area (Å²) in [5, 5.41) is 14.6. The van der Waals surface area contributed by atoms with Gasteiger partial charge in [-0.05, 0) is 24.1 Å². The van der Waals surface area contributed by atoms with Gasteiger partial charge in [0.15, 0.2) is 0 Å². The SMILES string of the molecule is C=CCNCC(=O)N[C@H](C=O)Cc1ccc(O)cc1. The number of hydrogen-bond donors (Lipinski definition) is 3. The van der Waals surface area contributed by atoms with Crippen molar-refractivity contribution in [2.24, 2.45) is 0 Å². The average Bonchev–Trinajstić information content (AvgIpc) is 2.41. The molecule has 19 heavy (non-hydrogen) atoms. The van der Waals surface area contributed by atoms with Crippen LogP contribution < -0.4 is 10.6 Å². The van der Waals surface area contributed by atoms with Gasteiger partial charge in [-0.2, -0.15) is 0 Å². The molecule has 1 aromatic carbocycles. The Morgan fingerprint density at radius 2 is 2.05 bits per heavy atom. The zero-order valence-corrected chi connectivity index (χ0v) is 10.6. The van der Waals surface area contributed by atoms with Gasteiger partial charge < -0.3 is 20.5 Å². The number of amides is 1. The van der Waals surface area contributed by atoms with Gasteiger partial charge in [0.05, 0.1) is 12.6 Å². The van der Waals surface area contributed by atoms with E-state index in [9.17, 15) is 9.59 Å². The van der Waals surface area contributed by atoms with Crippen LogP contribution in [0.5, 0.6) is 5.75 Å². The van der Waals surface area contributed by atoms with Crippen LogP contribution in [0.3, 0.4) is 0 Å². The van der Waals surface area contributed by atoms with E-state index in [1.54, 1.807) is 30.3 Å². The molecule has 102 valence electrons. The summed E-state index contributed by atoms with van der Waals surface area (Å²) in [7, 11) is 0. The standard InChI is InChI=1S/C14H18N2O3/c1-2-7-15-9-14(19)16-12(10-17)8-11-3-5-13(18)6-4-11/h2-6,10,12,15,18H,1,7-9H2,(H,16,19)/t12-/m0/s1. The first-order chi connectivity index (χ1) is 9.15. The fraction of sp³-hybridized carbons (Fsp3) is 0.286. The average molecular weight is 262 g/mol. The number of phenolic OH excluding ortho intramolecular Hbond substituents is 1. The molecule has 5 nitrogen and oxygen atoms in total. The fourth-order valence-corrected chi connectivity index (χ4v) is 1.56. The highest BCUT2D eigenvalue weighted by atomic mass is 16.3. The largest absolute Gasteiger partial charge is 0.508 e. The van der Waals surface area contributed by atoms with Gasteiger partial charge in [0.25, 0.3) is 0 Å². The minimum atomic E-state index is -0.567. The molecule has 5 heteroatoms. The molecule has 0 fully saturated rings. The first kappa shape index (κ1) is 14.9. The van der Waals surface area contributed by atoms with Crippen LogP contribution in [0.25, 0.3) is 0 Å². The summed E-state index contributed by atoms with van der Waals surface area (Å²) in [6.45, 7) is 4.21. The van der Waals surface area contributed by atoms with Gasteiger partial charge in [-0.15, -0.1) is 6.58 Å². The van der Waals surface area contributed by atoms with Crippen LogP contribution in [-0.4, -0.2) is 36.4 Å². The second-order valence-corrected chi connectivity index (χ2v) is 4.10. The van der Waals surface area contributed by atoms with Gasteiger partial charge in [-0.25, -0.2) is 0 Å². The summed E-state index contributed by atoms with van der Waals surface area (Å²) < 4.78 is 0. The van der Waals surface area contributed by atoms with Crippen molar-refractivity contribution in [3.63, 3.8) is 0 Å².